The molecule has 1 N–H and O–H groups in total. The zero-order valence-electron chi connectivity index (χ0n) is 12.3. The van der Waals surface area contributed by atoms with Gasteiger partial charge in [0.05, 0.1) is 0 Å². The quantitative estimate of drug-likeness (QED) is 0.711. The molecule has 1 nitrogen and oxygen atoms in total. The third-order valence-corrected chi connectivity index (χ3v) is 3.58. The summed E-state index contributed by atoms with van der Waals surface area (Å²) in [4.78, 5) is 0. The van der Waals surface area contributed by atoms with Crippen molar-refractivity contribution in [2.24, 2.45) is 0 Å². The molecule has 0 aliphatic heterocycles. The van der Waals surface area contributed by atoms with Crippen LogP contribution in [-0.2, 0) is 6.42 Å². The van der Waals surface area contributed by atoms with Gasteiger partial charge in [-0.1, -0.05) is 44.2 Å². The first-order chi connectivity index (χ1) is 8.56. The molecule has 1 unspecified atom stereocenters. The molecule has 1 atom stereocenters. The molecule has 100 valence electrons. The monoisotopic (exact) mass is 245 g/mol. The summed E-state index contributed by atoms with van der Waals surface area (Å²) in [5.41, 5.74) is 5.52. The zero-order valence-corrected chi connectivity index (χ0v) is 12.3. The fourth-order valence-corrected chi connectivity index (χ4v) is 2.21. The Bertz CT molecular complexity index is 393. The molecular formula is C17H27N. The number of hydrogen-bond donors (Lipinski definition) is 1. The van der Waals surface area contributed by atoms with Crippen LogP contribution in [-0.4, -0.2) is 12.6 Å². The van der Waals surface area contributed by atoms with Crippen LogP contribution < -0.4 is 5.32 Å². The van der Waals surface area contributed by atoms with Crippen LogP contribution in [0.2, 0.25) is 0 Å². The maximum Gasteiger partial charge on any atom is 0.0144 e. The van der Waals surface area contributed by atoms with Gasteiger partial charge in [0.25, 0.3) is 0 Å². The van der Waals surface area contributed by atoms with Gasteiger partial charge >= 0.3 is 0 Å². The fraction of sp³-hybridized carbons (Fsp3) is 0.529. The first kappa shape index (κ1) is 15.0. The minimum atomic E-state index is 0.518. The highest BCUT2D eigenvalue weighted by atomic mass is 14.9. The van der Waals surface area contributed by atoms with Gasteiger partial charge in [0.1, 0.15) is 0 Å². The molecule has 0 saturated carbocycles. The van der Waals surface area contributed by atoms with Crippen molar-refractivity contribution in [3.63, 3.8) is 0 Å². The minimum absolute atomic E-state index is 0.518. The van der Waals surface area contributed by atoms with Gasteiger partial charge in [-0.05, 0) is 56.3 Å². The number of nitrogens with one attached hydrogen (secondary N) is 1. The summed E-state index contributed by atoms with van der Waals surface area (Å²) in [6.45, 7) is 13.9. The van der Waals surface area contributed by atoms with Crippen molar-refractivity contribution in [2.45, 2.75) is 53.0 Å². The molecule has 0 aliphatic carbocycles. The summed E-state index contributed by atoms with van der Waals surface area (Å²) in [6, 6.07) is 7.31. The average Bonchev–Trinajstić information content (AvgIpc) is 2.34. The Kier molecular flexibility index (Phi) is 6.14. The fourth-order valence-electron chi connectivity index (χ4n) is 2.21. The second-order valence-electron chi connectivity index (χ2n) is 5.19. The molecule has 1 rings (SSSR count). The predicted molar refractivity (Wildman–Crippen MR) is 81.1 cm³/mol. The molecule has 0 saturated heterocycles. The van der Waals surface area contributed by atoms with Crippen molar-refractivity contribution >= 4 is 0 Å². The topological polar surface area (TPSA) is 12.0 Å². The molecule has 18 heavy (non-hydrogen) atoms. The molecule has 0 radical (unpaired) electrons. The van der Waals surface area contributed by atoms with Gasteiger partial charge in [0.2, 0.25) is 0 Å². The standard InChI is InChI=1S/C17H27N/c1-6-13(3)10-17(18-7-2)12-16-9-8-14(4)15(5)11-16/h8-9,11,17-18H,3,6-7,10,12H2,1-2,4-5H3. The van der Waals surface area contributed by atoms with E-state index in [1.807, 2.05) is 0 Å². The van der Waals surface area contributed by atoms with E-state index < -0.39 is 0 Å². The van der Waals surface area contributed by atoms with Crippen LogP contribution in [0.1, 0.15) is 43.4 Å². The van der Waals surface area contributed by atoms with E-state index >= 15 is 0 Å². The van der Waals surface area contributed by atoms with Crippen molar-refractivity contribution < 1.29 is 0 Å². The Morgan fingerprint density at radius 1 is 1.22 bits per heavy atom. The number of benzene rings is 1. The molecule has 0 heterocycles. The van der Waals surface area contributed by atoms with Gasteiger partial charge in [-0.3, -0.25) is 0 Å². The van der Waals surface area contributed by atoms with Gasteiger partial charge in [-0.15, -0.1) is 0 Å². The van der Waals surface area contributed by atoms with Gasteiger partial charge in [-0.2, -0.15) is 0 Å². The number of aryl methyl sites for hydroxylation is 2. The Hall–Kier alpha value is -1.08. The molecule has 0 amide bonds. The van der Waals surface area contributed by atoms with Crippen LogP contribution in [0.25, 0.3) is 0 Å². The number of rotatable bonds is 7. The van der Waals surface area contributed by atoms with Crippen molar-refractivity contribution in [3.05, 3.63) is 47.0 Å². The summed E-state index contributed by atoms with van der Waals surface area (Å²) in [6.07, 6.45) is 3.25. The number of likely N-dealkylation sites (N-methyl/N-ethyl adjacent to an activating group) is 1. The lowest BCUT2D eigenvalue weighted by Crippen LogP contribution is -2.31. The van der Waals surface area contributed by atoms with E-state index in [0.717, 1.165) is 25.8 Å². The Morgan fingerprint density at radius 2 is 1.94 bits per heavy atom. The van der Waals surface area contributed by atoms with E-state index in [0.29, 0.717) is 6.04 Å². The van der Waals surface area contributed by atoms with Crippen molar-refractivity contribution in [1.29, 1.82) is 0 Å². The Balaban J connectivity index is 2.69. The maximum atomic E-state index is 4.13. The van der Waals surface area contributed by atoms with E-state index in [-0.39, 0.29) is 0 Å². The van der Waals surface area contributed by atoms with Crippen LogP contribution in [0.3, 0.4) is 0 Å². The highest BCUT2D eigenvalue weighted by molar-refractivity contribution is 5.30. The lowest BCUT2D eigenvalue weighted by atomic mass is 9.96. The van der Waals surface area contributed by atoms with E-state index in [9.17, 15) is 0 Å². The molecule has 0 fully saturated rings. The molecule has 0 aromatic heterocycles. The van der Waals surface area contributed by atoms with Gasteiger partial charge < -0.3 is 5.32 Å². The molecule has 1 heteroatoms. The lowest BCUT2D eigenvalue weighted by molar-refractivity contribution is 0.515. The van der Waals surface area contributed by atoms with E-state index in [1.54, 1.807) is 0 Å². The first-order valence-electron chi connectivity index (χ1n) is 7.03. The molecule has 1 aromatic carbocycles. The second kappa shape index (κ2) is 7.38. The Labute approximate surface area is 112 Å². The lowest BCUT2D eigenvalue weighted by Gasteiger charge is -2.19. The second-order valence-corrected chi connectivity index (χ2v) is 5.19. The van der Waals surface area contributed by atoms with Gasteiger partial charge in [0.15, 0.2) is 0 Å². The molecule has 0 bridgehead atoms. The largest absolute Gasteiger partial charge is 0.314 e. The van der Waals surface area contributed by atoms with Gasteiger partial charge in [-0.25, -0.2) is 0 Å². The third-order valence-electron chi connectivity index (χ3n) is 3.58. The van der Waals surface area contributed by atoms with Crippen LogP contribution in [0.4, 0.5) is 0 Å². The van der Waals surface area contributed by atoms with Crippen LogP contribution >= 0.6 is 0 Å². The molecule has 1 aromatic rings. The van der Waals surface area contributed by atoms with E-state index in [1.165, 1.54) is 22.3 Å². The predicted octanol–water partition coefficient (Wildman–Crippen LogP) is 4.18. The van der Waals surface area contributed by atoms with Crippen molar-refractivity contribution in [3.8, 4) is 0 Å². The van der Waals surface area contributed by atoms with Crippen LogP contribution in [0.15, 0.2) is 30.4 Å². The smallest absolute Gasteiger partial charge is 0.0144 e. The summed E-state index contributed by atoms with van der Waals surface area (Å²) in [5.74, 6) is 0. The van der Waals surface area contributed by atoms with E-state index in [2.05, 4.69) is 57.8 Å². The summed E-state index contributed by atoms with van der Waals surface area (Å²) in [5, 5.41) is 3.57. The summed E-state index contributed by atoms with van der Waals surface area (Å²) in [7, 11) is 0. The van der Waals surface area contributed by atoms with Crippen molar-refractivity contribution in [2.75, 3.05) is 6.54 Å². The van der Waals surface area contributed by atoms with Crippen LogP contribution in [0, 0.1) is 13.8 Å². The minimum Gasteiger partial charge on any atom is -0.314 e. The van der Waals surface area contributed by atoms with Crippen molar-refractivity contribution in [1.82, 2.24) is 5.32 Å². The third kappa shape index (κ3) is 4.66. The Morgan fingerprint density at radius 3 is 2.50 bits per heavy atom. The van der Waals surface area contributed by atoms with Gasteiger partial charge in [0, 0.05) is 6.04 Å². The summed E-state index contributed by atoms with van der Waals surface area (Å²) < 4.78 is 0. The molecular weight excluding hydrogens is 218 g/mol. The molecule has 0 spiro atoms. The normalized spacial score (nSPS) is 12.4. The highest BCUT2D eigenvalue weighted by Gasteiger charge is 2.10. The summed E-state index contributed by atoms with van der Waals surface area (Å²) >= 11 is 0. The maximum absolute atomic E-state index is 4.13. The average molecular weight is 245 g/mol. The number of hydrogen-bond acceptors (Lipinski definition) is 1. The molecule has 0 aliphatic rings. The van der Waals surface area contributed by atoms with E-state index in [4.69, 9.17) is 0 Å². The zero-order chi connectivity index (χ0) is 13.5. The first-order valence-corrected chi connectivity index (χ1v) is 7.03. The SMILES string of the molecule is C=C(CC)CC(Cc1ccc(C)c(C)c1)NCC. The highest BCUT2D eigenvalue weighted by Crippen LogP contribution is 2.15. The van der Waals surface area contributed by atoms with Crippen LogP contribution in [0.5, 0.6) is 0 Å².